The number of nitrogens with one attached hydrogen (secondary N) is 2. The number of rotatable bonds is 8. The molecule has 0 aliphatic carbocycles. The number of carbonyl (C=O) groups is 1. The predicted molar refractivity (Wildman–Crippen MR) is 124 cm³/mol. The van der Waals surface area contributed by atoms with E-state index in [-0.39, 0.29) is 23.3 Å². The van der Waals surface area contributed by atoms with E-state index in [0.717, 1.165) is 29.5 Å². The molecule has 1 atom stereocenters. The fourth-order valence-corrected chi connectivity index (χ4v) is 3.65. The summed E-state index contributed by atoms with van der Waals surface area (Å²) < 4.78 is 14.5. The van der Waals surface area contributed by atoms with Crippen LogP contribution in [0.1, 0.15) is 66.4 Å². The number of anilines is 3. The number of carbonyl (C=O) groups excluding carboxylic acids is 1. The van der Waals surface area contributed by atoms with Gasteiger partial charge in [0.15, 0.2) is 17.4 Å². The Morgan fingerprint density at radius 2 is 1.97 bits per heavy atom. The summed E-state index contributed by atoms with van der Waals surface area (Å²) in [6.07, 6.45) is 2.58. The van der Waals surface area contributed by atoms with Crippen molar-refractivity contribution in [2.45, 2.75) is 46.1 Å². The maximum atomic E-state index is 12.5. The van der Waals surface area contributed by atoms with Gasteiger partial charge in [0.25, 0.3) is 5.91 Å². The van der Waals surface area contributed by atoms with Crippen LogP contribution in [0.2, 0.25) is 0 Å². The normalized spacial score (nSPS) is 12.1. The number of nitrogens with zero attached hydrogens (tertiary/aromatic N) is 3. The Balaban J connectivity index is 1.85. The SMILES string of the molecule is CC[C@@H](Nc1nsnc1Nc1ccc(C)c(C(=O)N(C)C)c1O)c1cc(C(C)C)co1. The fourth-order valence-electron chi connectivity index (χ4n) is 3.17. The third-order valence-corrected chi connectivity index (χ3v) is 5.65. The number of hydrogen-bond donors (Lipinski definition) is 3. The van der Waals surface area contributed by atoms with Gasteiger partial charge in [0.1, 0.15) is 5.76 Å². The maximum absolute atomic E-state index is 12.5. The highest BCUT2D eigenvalue weighted by atomic mass is 32.1. The topological polar surface area (TPSA) is 104 Å². The van der Waals surface area contributed by atoms with Crippen molar-refractivity contribution in [1.29, 1.82) is 0 Å². The van der Waals surface area contributed by atoms with Gasteiger partial charge in [-0.3, -0.25) is 4.79 Å². The molecule has 0 saturated heterocycles. The number of aryl methyl sites for hydroxylation is 1. The summed E-state index contributed by atoms with van der Waals surface area (Å²) in [4.78, 5) is 13.9. The van der Waals surface area contributed by atoms with Gasteiger partial charge in [0, 0.05) is 14.1 Å². The third-order valence-electron chi connectivity index (χ3n) is 5.12. The lowest BCUT2D eigenvalue weighted by molar-refractivity contribution is 0.0824. The summed E-state index contributed by atoms with van der Waals surface area (Å²) >= 11 is 1.06. The highest BCUT2D eigenvalue weighted by molar-refractivity contribution is 6.99. The van der Waals surface area contributed by atoms with E-state index in [1.807, 2.05) is 0 Å². The lowest BCUT2D eigenvalue weighted by atomic mass is 10.0. The Morgan fingerprint density at radius 3 is 2.58 bits per heavy atom. The number of phenols is 1. The molecule has 1 amide bonds. The van der Waals surface area contributed by atoms with Crippen molar-refractivity contribution in [2.75, 3.05) is 24.7 Å². The van der Waals surface area contributed by atoms with Crippen molar-refractivity contribution in [3.05, 3.63) is 46.9 Å². The first-order valence-corrected chi connectivity index (χ1v) is 10.9. The first-order chi connectivity index (χ1) is 14.7. The van der Waals surface area contributed by atoms with E-state index in [0.29, 0.717) is 28.8 Å². The Kier molecular flexibility index (Phi) is 6.84. The molecule has 2 heterocycles. The molecular formula is C22H29N5O3S. The summed E-state index contributed by atoms with van der Waals surface area (Å²) in [5.41, 5.74) is 2.49. The Labute approximate surface area is 186 Å². The molecule has 3 N–H and O–H groups in total. The summed E-state index contributed by atoms with van der Waals surface area (Å²) in [5.74, 6) is 1.87. The lowest BCUT2D eigenvalue weighted by Gasteiger charge is -2.17. The molecule has 9 heteroatoms. The monoisotopic (exact) mass is 443 g/mol. The van der Waals surface area contributed by atoms with E-state index in [1.54, 1.807) is 39.4 Å². The zero-order chi connectivity index (χ0) is 22.7. The highest BCUT2D eigenvalue weighted by Crippen LogP contribution is 2.36. The first-order valence-electron chi connectivity index (χ1n) is 10.2. The summed E-state index contributed by atoms with van der Waals surface area (Å²) in [5, 5.41) is 17.2. The van der Waals surface area contributed by atoms with Crippen LogP contribution in [0.25, 0.3) is 0 Å². The number of hydrogen-bond acceptors (Lipinski definition) is 8. The minimum absolute atomic E-state index is 0.0746. The van der Waals surface area contributed by atoms with Gasteiger partial charge in [-0.1, -0.05) is 26.8 Å². The predicted octanol–water partition coefficient (Wildman–Crippen LogP) is 5.28. The number of amides is 1. The quantitative estimate of drug-likeness (QED) is 0.407. The van der Waals surface area contributed by atoms with Gasteiger partial charge in [-0.15, -0.1) is 0 Å². The van der Waals surface area contributed by atoms with Crippen LogP contribution >= 0.6 is 11.7 Å². The van der Waals surface area contributed by atoms with Crippen molar-refractivity contribution >= 4 is 35.0 Å². The average molecular weight is 444 g/mol. The molecule has 3 aromatic rings. The second kappa shape index (κ2) is 9.38. The number of phenolic OH excluding ortho intramolecular Hbond substituents is 1. The highest BCUT2D eigenvalue weighted by Gasteiger charge is 2.22. The maximum Gasteiger partial charge on any atom is 0.257 e. The van der Waals surface area contributed by atoms with Crippen LogP contribution in [0.5, 0.6) is 5.75 Å². The van der Waals surface area contributed by atoms with E-state index < -0.39 is 0 Å². The molecule has 0 aliphatic rings. The van der Waals surface area contributed by atoms with E-state index in [2.05, 4.69) is 46.2 Å². The van der Waals surface area contributed by atoms with Crippen LogP contribution in [0, 0.1) is 6.92 Å². The van der Waals surface area contributed by atoms with Gasteiger partial charge in [-0.05, 0) is 42.5 Å². The van der Waals surface area contributed by atoms with Crippen molar-refractivity contribution in [3.8, 4) is 5.75 Å². The smallest absolute Gasteiger partial charge is 0.257 e. The summed E-state index contributed by atoms with van der Waals surface area (Å²) in [6, 6.07) is 5.49. The van der Waals surface area contributed by atoms with Crippen molar-refractivity contribution < 1.29 is 14.3 Å². The first kappa shape index (κ1) is 22.6. The van der Waals surface area contributed by atoms with Gasteiger partial charge in [0.05, 0.1) is 35.3 Å². The third kappa shape index (κ3) is 4.82. The largest absolute Gasteiger partial charge is 0.505 e. The number of aromatic nitrogens is 2. The number of benzene rings is 1. The van der Waals surface area contributed by atoms with Crippen LogP contribution in [0.3, 0.4) is 0 Å². The molecule has 0 fully saturated rings. The molecule has 166 valence electrons. The minimum atomic E-state index is -0.266. The standard InChI is InChI=1S/C22H29N5O3S/c1-7-15(17-10-14(11-30-17)12(2)3)23-20-21(26-31-25-20)24-16-9-8-13(4)18(19(16)28)22(29)27(5)6/h8-12,15,28H,7H2,1-6H3,(H,23,25)(H,24,26)/t15-/m1/s1. The van der Waals surface area contributed by atoms with Crippen molar-refractivity contribution in [3.63, 3.8) is 0 Å². The molecule has 3 rings (SSSR count). The number of aromatic hydroxyl groups is 1. The van der Waals surface area contributed by atoms with E-state index in [1.165, 1.54) is 4.90 Å². The van der Waals surface area contributed by atoms with Gasteiger partial charge in [-0.2, -0.15) is 8.75 Å². The number of furan rings is 1. The van der Waals surface area contributed by atoms with E-state index in [4.69, 9.17) is 4.42 Å². The summed E-state index contributed by atoms with van der Waals surface area (Å²) in [6.45, 7) is 8.10. The molecule has 0 bridgehead atoms. The molecule has 0 spiro atoms. The second-order valence-corrected chi connectivity index (χ2v) is 8.51. The van der Waals surface area contributed by atoms with Crippen molar-refractivity contribution in [2.24, 2.45) is 0 Å². The van der Waals surface area contributed by atoms with Crippen LogP contribution in [-0.2, 0) is 0 Å². The van der Waals surface area contributed by atoms with Crippen LogP contribution in [0.4, 0.5) is 17.3 Å². The zero-order valence-corrected chi connectivity index (χ0v) is 19.5. The van der Waals surface area contributed by atoms with Gasteiger partial charge < -0.3 is 25.1 Å². The second-order valence-electron chi connectivity index (χ2n) is 7.98. The Bertz CT molecular complexity index is 1060. The van der Waals surface area contributed by atoms with E-state index in [9.17, 15) is 9.90 Å². The zero-order valence-electron chi connectivity index (χ0n) is 18.7. The molecule has 0 unspecified atom stereocenters. The molecule has 0 aliphatic heterocycles. The fraction of sp³-hybridized carbons (Fsp3) is 0.409. The molecule has 2 aromatic heterocycles. The van der Waals surface area contributed by atoms with Crippen LogP contribution in [-0.4, -0.2) is 38.8 Å². The molecule has 31 heavy (non-hydrogen) atoms. The van der Waals surface area contributed by atoms with Gasteiger partial charge in [0.2, 0.25) is 0 Å². The molecule has 0 saturated carbocycles. The van der Waals surface area contributed by atoms with Crippen molar-refractivity contribution in [1.82, 2.24) is 13.6 Å². The minimum Gasteiger partial charge on any atom is -0.505 e. The van der Waals surface area contributed by atoms with Gasteiger partial charge in [-0.25, -0.2) is 0 Å². The van der Waals surface area contributed by atoms with Gasteiger partial charge >= 0.3 is 0 Å². The summed E-state index contributed by atoms with van der Waals surface area (Å²) in [7, 11) is 3.30. The Morgan fingerprint density at radius 1 is 1.26 bits per heavy atom. The van der Waals surface area contributed by atoms with Crippen LogP contribution < -0.4 is 10.6 Å². The van der Waals surface area contributed by atoms with Crippen LogP contribution in [0.15, 0.2) is 28.9 Å². The molecule has 1 aromatic carbocycles. The molecular weight excluding hydrogens is 414 g/mol. The molecule has 8 nitrogen and oxygen atoms in total. The Hall–Kier alpha value is -3.07. The lowest BCUT2D eigenvalue weighted by Crippen LogP contribution is -2.22. The average Bonchev–Trinajstić information content (AvgIpc) is 3.38. The van der Waals surface area contributed by atoms with E-state index >= 15 is 0 Å². The molecule has 0 radical (unpaired) electrons.